The Morgan fingerprint density at radius 3 is 2.18 bits per heavy atom. The molecule has 39 heavy (non-hydrogen) atoms. The second kappa shape index (κ2) is 14.2. The Morgan fingerprint density at radius 2 is 1.54 bits per heavy atom. The van der Waals surface area contributed by atoms with Crippen LogP contribution in [-0.4, -0.2) is 56.5 Å². The number of anilines is 2. The average Bonchev–Trinajstić information content (AvgIpc) is 2.93. The van der Waals surface area contributed by atoms with Crippen LogP contribution in [0.3, 0.4) is 0 Å². The van der Waals surface area contributed by atoms with E-state index >= 15 is 0 Å². The van der Waals surface area contributed by atoms with Gasteiger partial charge in [0.2, 0.25) is 5.95 Å². The van der Waals surface area contributed by atoms with Crippen LogP contribution >= 0.6 is 0 Å². The van der Waals surface area contributed by atoms with Crippen LogP contribution in [0, 0.1) is 5.92 Å². The summed E-state index contributed by atoms with van der Waals surface area (Å²) >= 11 is 0. The lowest BCUT2D eigenvalue weighted by Gasteiger charge is -2.29. The summed E-state index contributed by atoms with van der Waals surface area (Å²) in [7, 11) is 4.06. The van der Waals surface area contributed by atoms with E-state index in [0.29, 0.717) is 32.4 Å². The van der Waals surface area contributed by atoms with Crippen molar-refractivity contribution < 1.29 is 14.2 Å². The van der Waals surface area contributed by atoms with Crippen LogP contribution in [0.1, 0.15) is 58.4 Å². The Balaban J connectivity index is 1.28. The Kier molecular flexibility index (Phi) is 10.5. The zero-order valence-electron chi connectivity index (χ0n) is 24.3. The van der Waals surface area contributed by atoms with Gasteiger partial charge in [-0.25, -0.2) is 4.98 Å². The van der Waals surface area contributed by atoms with Crippen molar-refractivity contribution in [3.63, 3.8) is 0 Å². The SMILES string of the molecule is CCOc1cc(OCC)c(CNCCC2CCC(Nc3nc(N(C)C)c4ccccc4n3)CC2)c(OCC)c1. The maximum absolute atomic E-state index is 5.94. The van der Waals surface area contributed by atoms with Crippen molar-refractivity contribution >= 4 is 22.7 Å². The fraction of sp³-hybridized carbons (Fsp3) is 0.548. The van der Waals surface area contributed by atoms with Gasteiger partial charge in [0.15, 0.2) is 0 Å². The van der Waals surface area contributed by atoms with Gasteiger partial charge in [0.25, 0.3) is 0 Å². The first-order valence-corrected chi connectivity index (χ1v) is 14.5. The molecule has 0 saturated heterocycles. The van der Waals surface area contributed by atoms with Gasteiger partial charge in [0.1, 0.15) is 23.1 Å². The molecule has 0 amide bonds. The monoisotopic (exact) mass is 535 g/mol. The zero-order valence-corrected chi connectivity index (χ0v) is 24.3. The van der Waals surface area contributed by atoms with E-state index in [9.17, 15) is 0 Å². The van der Waals surface area contributed by atoms with Gasteiger partial charge in [-0.1, -0.05) is 12.1 Å². The minimum Gasteiger partial charge on any atom is -0.494 e. The zero-order chi connectivity index (χ0) is 27.6. The van der Waals surface area contributed by atoms with E-state index in [-0.39, 0.29) is 0 Å². The average molecular weight is 536 g/mol. The number of benzene rings is 2. The molecule has 0 spiro atoms. The van der Waals surface area contributed by atoms with E-state index in [1.807, 2.05) is 59.1 Å². The summed E-state index contributed by atoms with van der Waals surface area (Å²) < 4.78 is 17.6. The minimum absolute atomic E-state index is 0.414. The summed E-state index contributed by atoms with van der Waals surface area (Å²) in [6.07, 6.45) is 5.87. The molecule has 1 heterocycles. The maximum atomic E-state index is 5.94. The summed E-state index contributed by atoms with van der Waals surface area (Å²) in [5.41, 5.74) is 2.04. The highest BCUT2D eigenvalue weighted by Gasteiger charge is 2.22. The van der Waals surface area contributed by atoms with Crippen LogP contribution in [-0.2, 0) is 6.54 Å². The number of rotatable bonds is 14. The van der Waals surface area contributed by atoms with Crippen molar-refractivity contribution in [3.05, 3.63) is 42.0 Å². The third-order valence-corrected chi connectivity index (χ3v) is 7.27. The number of nitrogens with one attached hydrogen (secondary N) is 2. The number of hydrogen-bond donors (Lipinski definition) is 2. The number of fused-ring (bicyclic) bond motifs is 1. The maximum Gasteiger partial charge on any atom is 0.225 e. The molecule has 0 aliphatic heterocycles. The molecule has 8 heteroatoms. The van der Waals surface area contributed by atoms with E-state index in [0.717, 1.165) is 77.2 Å². The molecule has 1 aliphatic rings. The van der Waals surface area contributed by atoms with E-state index < -0.39 is 0 Å². The lowest BCUT2D eigenvalue weighted by molar-refractivity contribution is 0.298. The van der Waals surface area contributed by atoms with E-state index in [1.54, 1.807) is 0 Å². The molecule has 8 nitrogen and oxygen atoms in total. The van der Waals surface area contributed by atoms with Crippen molar-refractivity contribution in [2.75, 3.05) is 50.7 Å². The Labute approximate surface area is 233 Å². The number of nitrogens with zero attached hydrogens (tertiary/aromatic N) is 3. The van der Waals surface area contributed by atoms with Crippen LogP contribution in [0.4, 0.5) is 11.8 Å². The van der Waals surface area contributed by atoms with Crippen LogP contribution < -0.4 is 29.7 Å². The van der Waals surface area contributed by atoms with E-state index in [1.165, 1.54) is 12.8 Å². The largest absolute Gasteiger partial charge is 0.494 e. The fourth-order valence-corrected chi connectivity index (χ4v) is 5.35. The Bertz CT molecular complexity index is 1170. The summed E-state index contributed by atoms with van der Waals surface area (Å²) in [5.74, 6) is 4.86. The highest BCUT2D eigenvalue weighted by Crippen LogP contribution is 2.35. The van der Waals surface area contributed by atoms with Crippen LogP contribution in [0.2, 0.25) is 0 Å². The number of para-hydroxylation sites is 1. The number of hydrogen-bond acceptors (Lipinski definition) is 8. The van der Waals surface area contributed by atoms with Crippen molar-refractivity contribution in [1.29, 1.82) is 0 Å². The van der Waals surface area contributed by atoms with Gasteiger partial charge >= 0.3 is 0 Å². The van der Waals surface area contributed by atoms with Crippen molar-refractivity contribution in [1.82, 2.24) is 15.3 Å². The quantitative estimate of drug-likeness (QED) is 0.242. The Hall–Kier alpha value is -3.26. The van der Waals surface area contributed by atoms with E-state index in [2.05, 4.69) is 27.7 Å². The third kappa shape index (κ3) is 7.66. The van der Waals surface area contributed by atoms with Crippen LogP contribution in [0.5, 0.6) is 17.2 Å². The summed E-state index contributed by atoms with van der Waals surface area (Å²) in [6, 6.07) is 12.6. The van der Waals surface area contributed by atoms with Crippen molar-refractivity contribution in [2.24, 2.45) is 5.92 Å². The predicted octanol–water partition coefficient (Wildman–Crippen LogP) is 6.04. The molecule has 0 radical (unpaired) electrons. The molecule has 212 valence electrons. The third-order valence-electron chi connectivity index (χ3n) is 7.27. The van der Waals surface area contributed by atoms with Gasteiger partial charge < -0.3 is 29.7 Å². The smallest absolute Gasteiger partial charge is 0.225 e. The number of aromatic nitrogens is 2. The predicted molar refractivity (Wildman–Crippen MR) is 160 cm³/mol. The highest BCUT2D eigenvalue weighted by molar-refractivity contribution is 5.90. The van der Waals surface area contributed by atoms with Crippen LogP contribution in [0.15, 0.2) is 36.4 Å². The van der Waals surface area contributed by atoms with Crippen molar-refractivity contribution in [2.45, 2.75) is 65.5 Å². The summed E-state index contributed by atoms with van der Waals surface area (Å²) in [6.45, 7) is 9.48. The molecule has 3 aromatic rings. The summed E-state index contributed by atoms with van der Waals surface area (Å²) in [4.78, 5) is 11.7. The first-order chi connectivity index (χ1) is 19.0. The topological polar surface area (TPSA) is 80.8 Å². The lowest BCUT2D eigenvalue weighted by atomic mass is 9.84. The van der Waals surface area contributed by atoms with Crippen molar-refractivity contribution in [3.8, 4) is 17.2 Å². The molecule has 0 unspecified atom stereocenters. The molecule has 1 saturated carbocycles. The fourth-order valence-electron chi connectivity index (χ4n) is 5.35. The molecule has 0 bridgehead atoms. The minimum atomic E-state index is 0.414. The molecular formula is C31H45N5O3. The van der Waals surface area contributed by atoms with Crippen LogP contribution in [0.25, 0.3) is 10.9 Å². The van der Waals surface area contributed by atoms with E-state index in [4.69, 9.17) is 24.2 Å². The molecule has 1 fully saturated rings. The summed E-state index contributed by atoms with van der Waals surface area (Å²) in [5, 5.41) is 8.35. The highest BCUT2D eigenvalue weighted by atomic mass is 16.5. The number of ether oxygens (including phenoxy) is 3. The molecule has 2 aromatic carbocycles. The second-order valence-electron chi connectivity index (χ2n) is 10.3. The first kappa shape index (κ1) is 28.7. The molecular weight excluding hydrogens is 490 g/mol. The Morgan fingerprint density at radius 1 is 0.872 bits per heavy atom. The van der Waals surface area contributed by atoms with Gasteiger partial charge in [0, 0.05) is 44.2 Å². The first-order valence-electron chi connectivity index (χ1n) is 14.5. The second-order valence-corrected chi connectivity index (χ2v) is 10.3. The van der Waals surface area contributed by atoms with Gasteiger partial charge in [-0.2, -0.15) is 4.98 Å². The van der Waals surface area contributed by atoms with Gasteiger partial charge in [-0.05, 0) is 77.5 Å². The van der Waals surface area contributed by atoms with Gasteiger partial charge in [-0.3, -0.25) is 0 Å². The van der Waals surface area contributed by atoms with Gasteiger partial charge in [0.05, 0.1) is 30.9 Å². The lowest BCUT2D eigenvalue weighted by Crippen LogP contribution is -2.29. The standard InChI is InChI=1S/C31H45N5O3/c1-6-37-24-19-28(38-7-2)26(29(20-24)39-8-3)21-32-18-17-22-13-15-23(16-14-22)33-31-34-27-12-10-9-11-25(27)30(35-31)36(4)5/h9-12,19-20,22-23,32H,6-8,13-18,21H2,1-5H3,(H,33,34,35). The molecule has 1 aliphatic carbocycles. The normalized spacial score (nSPS) is 17.2. The molecule has 2 N–H and O–H groups in total. The molecule has 4 rings (SSSR count). The van der Waals surface area contributed by atoms with Gasteiger partial charge in [-0.15, -0.1) is 0 Å². The molecule has 1 aromatic heterocycles. The molecule has 0 atom stereocenters.